The second-order valence-electron chi connectivity index (χ2n) is 9.22. The molecule has 0 aliphatic rings. The molecule has 0 saturated carbocycles. The van der Waals surface area contributed by atoms with Crippen molar-refractivity contribution in [2.75, 3.05) is 7.11 Å². The maximum atomic E-state index is 5.41. The molecule has 0 N–H and O–H groups in total. The fourth-order valence-electron chi connectivity index (χ4n) is 5.47. The van der Waals surface area contributed by atoms with Crippen LogP contribution < -0.4 is 4.74 Å². The van der Waals surface area contributed by atoms with E-state index in [0.29, 0.717) is 0 Å². The predicted octanol–water partition coefficient (Wildman–Crippen LogP) is 12.2. The topological polar surface area (TPSA) is 9.23 Å². The molecule has 1 nitrogen and oxygen atoms in total. The SMILES string of the molecule is C=Cc1c(C(/C=C\C)=C/CC)ccc(-c2c(C=C)c(C=C)c(-c3ccc(OC)cc3)c3ccccc23)c1C=C.CC. The van der Waals surface area contributed by atoms with Crippen molar-refractivity contribution in [3.05, 3.63) is 133 Å². The zero-order valence-electron chi connectivity index (χ0n) is 25.3. The van der Waals surface area contributed by atoms with Gasteiger partial charge in [-0.3, -0.25) is 0 Å². The van der Waals surface area contributed by atoms with E-state index in [-0.39, 0.29) is 0 Å². The lowest BCUT2D eigenvalue weighted by Gasteiger charge is -2.23. The molecule has 0 saturated heterocycles. The van der Waals surface area contributed by atoms with E-state index in [1.165, 1.54) is 5.57 Å². The van der Waals surface area contributed by atoms with Crippen molar-refractivity contribution in [1.29, 1.82) is 0 Å². The van der Waals surface area contributed by atoms with Gasteiger partial charge in [0.05, 0.1) is 7.11 Å². The van der Waals surface area contributed by atoms with Crippen molar-refractivity contribution in [1.82, 2.24) is 0 Å². The monoisotopic (exact) mass is 538 g/mol. The van der Waals surface area contributed by atoms with Gasteiger partial charge in [0.15, 0.2) is 0 Å². The van der Waals surface area contributed by atoms with Crippen LogP contribution in [0.4, 0.5) is 0 Å². The molecule has 0 bridgehead atoms. The van der Waals surface area contributed by atoms with Crippen LogP contribution in [0.1, 0.15) is 61.9 Å². The molecule has 0 spiro atoms. The summed E-state index contributed by atoms with van der Waals surface area (Å²) in [5.74, 6) is 0.825. The largest absolute Gasteiger partial charge is 0.497 e. The van der Waals surface area contributed by atoms with Crippen LogP contribution in [-0.4, -0.2) is 7.11 Å². The molecular weight excluding hydrogens is 496 g/mol. The Hall–Kier alpha value is -4.62. The molecule has 4 aromatic carbocycles. The summed E-state index contributed by atoms with van der Waals surface area (Å²) in [5.41, 5.74) is 11.0. The van der Waals surface area contributed by atoms with Gasteiger partial charge >= 0.3 is 0 Å². The Balaban J connectivity index is 0.00000226. The van der Waals surface area contributed by atoms with E-state index in [1.807, 2.05) is 57.2 Å². The summed E-state index contributed by atoms with van der Waals surface area (Å²) >= 11 is 0. The smallest absolute Gasteiger partial charge is 0.118 e. The quantitative estimate of drug-likeness (QED) is 0.182. The zero-order valence-corrected chi connectivity index (χ0v) is 25.3. The first-order chi connectivity index (χ1) is 20.1. The van der Waals surface area contributed by atoms with Crippen molar-refractivity contribution in [3.8, 4) is 28.0 Å². The van der Waals surface area contributed by atoms with E-state index < -0.39 is 0 Å². The van der Waals surface area contributed by atoms with Crippen LogP contribution >= 0.6 is 0 Å². The molecule has 0 fully saturated rings. The molecule has 0 aliphatic carbocycles. The Morgan fingerprint density at radius 2 is 1.27 bits per heavy atom. The van der Waals surface area contributed by atoms with E-state index in [4.69, 9.17) is 4.74 Å². The number of allylic oxidation sites excluding steroid dienone is 4. The van der Waals surface area contributed by atoms with Crippen LogP contribution in [-0.2, 0) is 0 Å². The van der Waals surface area contributed by atoms with Crippen LogP contribution in [0.2, 0.25) is 0 Å². The summed E-state index contributed by atoms with van der Waals surface area (Å²) in [6, 6.07) is 21.2. The summed E-state index contributed by atoms with van der Waals surface area (Å²) in [6.07, 6.45) is 15.2. The average Bonchev–Trinajstić information content (AvgIpc) is 3.03. The first kappa shape index (κ1) is 30.9. The van der Waals surface area contributed by atoms with Gasteiger partial charge in [-0.1, -0.05) is 138 Å². The molecule has 208 valence electrons. The molecule has 41 heavy (non-hydrogen) atoms. The molecule has 4 rings (SSSR count). The van der Waals surface area contributed by atoms with E-state index >= 15 is 0 Å². The first-order valence-corrected chi connectivity index (χ1v) is 14.3. The highest BCUT2D eigenvalue weighted by Crippen LogP contribution is 2.45. The minimum Gasteiger partial charge on any atom is -0.497 e. The third-order valence-electron chi connectivity index (χ3n) is 7.13. The fraction of sp³-hybridized carbons (Fsp3) is 0.150. The van der Waals surface area contributed by atoms with Crippen LogP contribution in [0.25, 0.3) is 62.9 Å². The van der Waals surface area contributed by atoms with E-state index in [9.17, 15) is 0 Å². The first-order valence-electron chi connectivity index (χ1n) is 14.3. The fourth-order valence-corrected chi connectivity index (χ4v) is 5.47. The van der Waals surface area contributed by atoms with Crippen molar-refractivity contribution < 1.29 is 4.74 Å². The van der Waals surface area contributed by atoms with Gasteiger partial charge in [-0.2, -0.15) is 0 Å². The van der Waals surface area contributed by atoms with E-state index in [0.717, 1.165) is 73.0 Å². The molecule has 0 unspecified atom stereocenters. The van der Waals surface area contributed by atoms with Gasteiger partial charge in [0.25, 0.3) is 0 Å². The van der Waals surface area contributed by atoms with Gasteiger partial charge in [-0.15, -0.1) is 0 Å². The minimum atomic E-state index is 0.825. The van der Waals surface area contributed by atoms with Crippen molar-refractivity contribution in [2.45, 2.75) is 34.1 Å². The molecule has 0 amide bonds. The van der Waals surface area contributed by atoms with Gasteiger partial charge in [0, 0.05) is 0 Å². The summed E-state index contributed by atoms with van der Waals surface area (Å²) in [4.78, 5) is 0. The number of rotatable bonds is 10. The Morgan fingerprint density at radius 3 is 1.78 bits per heavy atom. The highest BCUT2D eigenvalue weighted by Gasteiger charge is 2.21. The van der Waals surface area contributed by atoms with Gasteiger partial charge in [-0.05, 0) is 91.9 Å². The lowest BCUT2D eigenvalue weighted by atomic mass is 9.80. The molecule has 0 atom stereocenters. The number of fused-ring (bicyclic) bond motifs is 1. The Kier molecular flexibility index (Phi) is 11.1. The maximum absolute atomic E-state index is 5.41. The highest BCUT2D eigenvalue weighted by atomic mass is 16.5. The summed E-state index contributed by atoms with van der Waals surface area (Å²) in [7, 11) is 1.68. The number of methoxy groups -OCH3 is 1. The Morgan fingerprint density at radius 1 is 0.707 bits per heavy atom. The molecule has 1 heteroatoms. The van der Waals surface area contributed by atoms with Crippen LogP contribution in [0, 0.1) is 0 Å². The van der Waals surface area contributed by atoms with Gasteiger partial charge in [-0.25, -0.2) is 0 Å². The highest BCUT2D eigenvalue weighted by molar-refractivity contribution is 6.12. The standard InChI is InChI=1S/C38H36O.C2H6/c1-8-16-26(17-9-2)33-24-25-36(30(11-4)29(33)10-3)38-32(13-6)31(12-5)37(34-18-14-15-19-35(34)38)27-20-22-28(39-7)23-21-27;1-2/h8,10-25H,3-6,9H2,1-2,7H3;1-2H3/b16-8-,26-17+;. The Labute approximate surface area is 247 Å². The number of hydrogen-bond acceptors (Lipinski definition) is 1. The lowest BCUT2D eigenvalue weighted by molar-refractivity contribution is 0.415. The summed E-state index contributed by atoms with van der Waals surface area (Å²) in [6.45, 7) is 25.1. The van der Waals surface area contributed by atoms with E-state index in [1.54, 1.807) is 7.11 Å². The molecule has 0 heterocycles. The van der Waals surface area contributed by atoms with Crippen molar-refractivity contribution >= 4 is 40.6 Å². The van der Waals surface area contributed by atoms with Crippen LogP contribution in [0.15, 0.2) is 105 Å². The van der Waals surface area contributed by atoms with Crippen LogP contribution in [0.3, 0.4) is 0 Å². The number of benzene rings is 4. The predicted molar refractivity (Wildman–Crippen MR) is 186 cm³/mol. The number of ether oxygens (including phenoxy) is 1. The lowest BCUT2D eigenvalue weighted by Crippen LogP contribution is -2.00. The molecule has 0 aliphatic heterocycles. The van der Waals surface area contributed by atoms with Gasteiger partial charge < -0.3 is 4.74 Å². The van der Waals surface area contributed by atoms with Crippen LogP contribution in [0.5, 0.6) is 5.75 Å². The van der Waals surface area contributed by atoms with Crippen molar-refractivity contribution in [2.24, 2.45) is 0 Å². The zero-order chi connectivity index (χ0) is 29.9. The second kappa shape index (κ2) is 14.7. The third kappa shape index (κ3) is 5.95. The molecule has 0 aromatic heterocycles. The molecular formula is C40H42O. The minimum absolute atomic E-state index is 0.825. The normalized spacial score (nSPS) is 11.1. The average molecular weight is 539 g/mol. The molecule has 4 aromatic rings. The summed E-state index contributed by atoms with van der Waals surface area (Å²) in [5, 5.41) is 2.30. The van der Waals surface area contributed by atoms with E-state index in [2.05, 4.69) is 100.0 Å². The number of hydrogen-bond donors (Lipinski definition) is 0. The molecule has 0 radical (unpaired) electrons. The maximum Gasteiger partial charge on any atom is 0.118 e. The van der Waals surface area contributed by atoms with Crippen molar-refractivity contribution in [3.63, 3.8) is 0 Å². The summed E-state index contributed by atoms with van der Waals surface area (Å²) < 4.78 is 5.41. The van der Waals surface area contributed by atoms with Gasteiger partial charge in [0.2, 0.25) is 0 Å². The Bertz CT molecular complexity index is 1620. The van der Waals surface area contributed by atoms with Gasteiger partial charge in [0.1, 0.15) is 5.75 Å². The third-order valence-corrected chi connectivity index (χ3v) is 7.13. The second-order valence-corrected chi connectivity index (χ2v) is 9.22.